The number of imidazole rings is 1. The molecule has 11 heavy (non-hydrogen) atoms. The number of hydrogen-bond donors (Lipinski definition) is 1. The largest absolute Gasteiger partial charge is 0.250 e. The lowest BCUT2D eigenvalue weighted by molar-refractivity contribution is -0.696. The van der Waals surface area contributed by atoms with E-state index in [1.54, 1.807) is 12.5 Å². The fourth-order valence-corrected chi connectivity index (χ4v) is 0.888. The second kappa shape index (κ2) is 4.05. The van der Waals surface area contributed by atoms with Gasteiger partial charge in [0.05, 0.1) is 6.54 Å². The topological polar surface area (TPSA) is 19.7 Å². The Balaban J connectivity index is 2.14. The lowest BCUT2D eigenvalue weighted by Crippen LogP contribution is -2.30. The highest BCUT2D eigenvalue weighted by Crippen LogP contribution is 2.01. The maximum Gasteiger partial charge on any atom is 0.241 e. The maximum absolute atomic E-state index is 11.6. The van der Waals surface area contributed by atoms with Crippen molar-refractivity contribution in [2.75, 3.05) is 0 Å². The quantitative estimate of drug-likeness (QED) is 0.643. The van der Waals surface area contributed by atoms with Crippen LogP contribution in [0.2, 0.25) is 0 Å². The summed E-state index contributed by atoms with van der Waals surface area (Å²) in [5.74, 6) is 0. The zero-order valence-corrected chi connectivity index (χ0v) is 6.13. The van der Waals surface area contributed by atoms with Crippen LogP contribution in [-0.2, 0) is 6.54 Å². The monoisotopic (exact) mass is 161 g/mol. The molecule has 0 saturated carbocycles. The van der Waals surface area contributed by atoms with Gasteiger partial charge in [-0.15, -0.1) is 0 Å². The molecule has 0 fully saturated rings. The van der Waals surface area contributed by atoms with Crippen LogP contribution >= 0.6 is 0 Å². The average Bonchev–Trinajstić information content (AvgIpc) is 2.39. The van der Waals surface area contributed by atoms with Gasteiger partial charge in [-0.05, 0) is 6.42 Å². The number of rotatable bonds is 4. The summed E-state index contributed by atoms with van der Waals surface area (Å²) in [6, 6.07) is 0. The number of aromatic nitrogens is 2. The zero-order valence-electron chi connectivity index (χ0n) is 6.13. The van der Waals surface area contributed by atoms with E-state index in [2.05, 4.69) is 4.98 Å². The van der Waals surface area contributed by atoms with Gasteiger partial charge in [0.25, 0.3) is 0 Å². The number of aryl methyl sites for hydroxylation is 1. The Hall–Kier alpha value is -0.930. The molecule has 0 saturated heterocycles. The van der Waals surface area contributed by atoms with Gasteiger partial charge in [0.2, 0.25) is 12.8 Å². The van der Waals surface area contributed by atoms with Crippen molar-refractivity contribution in [1.29, 1.82) is 0 Å². The lowest BCUT2D eigenvalue weighted by atomic mass is 10.3. The van der Waals surface area contributed by atoms with Gasteiger partial charge >= 0.3 is 0 Å². The molecule has 0 unspecified atom stereocenters. The molecule has 0 bridgehead atoms. The van der Waals surface area contributed by atoms with Gasteiger partial charge in [-0.2, -0.15) is 0 Å². The van der Waals surface area contributed by atoms with E-state index in [-0.39, 0.29) is 6.42 Å². The fraction of sp³-hybridized carbons (Fsp3) is 0.571. The third kappa shape index (κ3) is 3.11. The Morgan fingerprint density at radius 2 is 2.27 bits per heavy atom. The van der Waals surface area contributed by atoms with Gasteiger partial charge in [0, 0.05) is 6.42 Å². The molecule has 0 radical (unpaired) electrons. The molecule has 0 aliphatic rings. The van der Waals surface area contributed by atoms with Crippen LogP contribution in [0.3, 0.4) is 0 Å². The van der Waals surface area contributed by atoms with Gasteiger partial charge in [-0.1, -0.05) is 0 Å². The Morgan fingerprint density at radius 1 is 1.45 bits per heavy atom. The SMILES string of the molecule is FC(F)CCC[n+]1cc[nH]c1. The average molecular weight is 161 g/mol. The Labute approximate surface area is 63.9 Å². The van der Waals surface area contributed by atoms with Gasteiger partial charge in [-0.3, -0.25) is 4.98 Å². The molecule has 2 nitrogen and oxygen atoms in total. The summed E-state index contributed by atoms with van der Waals surface area (Å²) in [4.78, 5) is 2.84. The van der Waals surface area contributed by atoms with E-state index in [0.717, 1.165) is 0 Å². The van der Waals surface area contributed by atoms with Crippen molar-refractivity contribution in [1.82, 2.24) is 4.98 Å². The minimum Gasteiger partial charge on any atom is -0.250 e. The molecular weight excluding hydrogens is 150 g/mol. The number of aromatic amines is 1. The zero-order chi connectivity index (χ0) is 8.10. The summed E-state index contributed by atoms with van der Waals surface area (Å²) < 4.78 is 25.1. The molecular formula is C7H11F2N2+. The van der Waals surface area contributed by atoms with Crippen molar-refractivity contribution in [3.05, 3.63) is 18.7 Å². The highest BCUT2D eigenvalue weighted by molar-refractivity contribution is 4.55. The predicted octanol–water partition coefficient (Wildman–Crippen LogP) is 1.35. The van der Waals surface area contributed by atoms with Gasteiger partial charge in [-0.25, -0.2) is 13.3 Å². The molecule has 1 heterocycles. The van der Waals surface area contributed by atoms with Crippen molar-refractivity contribution in [2.24, 2.45) is 0 Å². The van der Waals surface area contributed by atoms with Crippen molar-refractivity contribution in [3.63, 3.8) is 0 Å². The third-order valence-corrected chi connectivity index (χ3v) is 1.44. The highest BCUT2D eigenvalue weighted by atomic mass is 19.3. The van der Waals surface area contributed by atoms with Crippen molar-refractivity contribution in [3.8, 4) is 0 Å². The molecule has 1 rings (SSSR count). The molecule has 0 aromatic carbocycles. The molecule has 62 valence electrons. The first-order valence-electron chi connectivity index (χ1n) is 3.59. The molecule has 1 aromatic rings. The molecule has 1 N–H and O–H groups in total. The first-order chi connectivity index (χ1) is 5.29. The second-order valence-corrected chi connectivity index (χ2v) is 2.38. The highest BCUT2D eigenvalue weighted by Gasteiger charge is 2.03. The molecule has 0 aliphatic heterocycles. The van der Waals surface area contributed by atoms with Crippen LogP contribution in [0.5, 0.6) is 0 Å². The summed E-state index contributed by atoms with van der Waals surface area (Å²) in [7, 11) is 0. The summed E-state index contributed by atoms with van der Waals surface area (Å²) in [5, 5.41) is 0. The molecule has 0 atom stereocenters. The maximum atomic E-state index is 11.6. The van der Waals surface area contributed by atoms with Crippen LogP contribution in [-0.4, -0.2) is 11.4 Å². The molecule has 0 spiro atoms. The van der Waals surface area contributed by atoms with Crippen molar-refractivity contribution >= 4 is 0 Å². The Kier molecular flexibility index (Phi) is 3.01. The van der Waals surface area contributed by atoms with Crippen LogP contribution in [0.1, 0.15) is 12.8 Å². The molecule has 0 amide bonds. The predicted molar refractivity (Wildman–Crippen MR) is 36.2 cm³/mol. The molecule has 4 heteroatoms. The van der Waals surface area contributed by atoms with E-state index < -0.39 is 6.43 Å². The van der Waals surface area contributed by atoms with Gasteiger partial charge < -0.3 is 0 Å². The first-order valence-corrected chi connectivity index (χ1v) is 3.59. The standard InChI is InChI=1S/C7H10F2N2/c8-7(9)2-1-4-11-5-3-10-6-11/h3,5-7H,1-2,4H2/p+1. The van der Waals surface area contributed by atoms with Gasteiger partial charge in [0.1, 0.15) is 12.4 Å². The normalized spacial score (nSPS) is 10.8. The van der Waals surface area contributed by atoms with Gasteiger partial charge in [0.15, 0.2) is 0 Å². The Morgan fingerprint density at radius 3 is 2.82 bits per heavy atom. The second-order valence-electron chi connectivity index (χ2n) is 2.38. The fourth-order valence-electron chi connectivity index (χ4n) is 0.888. The number of H-pyrrole nitrogens is 1. The van der Waals surface area contributed by atoms with E-state index in [1.807, 2.05) is 10.8 Å². The number of nitrogens with zero attached hydrogens (tertiary/aromatic N) is 1. The van der Waals surface area contributed by atoms with Crippen LogP contribution in [0, 0.1) is 0 Å². The van der Waals surface area contributed by atoms with Crippen LogP contribution in [0.15, 0.2) is 18.7 Å². The minimum atomic E-state index is -2.17. The van der Waals surface area contributed by atoms with E-state index in [1.165, 1.54) is 0 Å². The smallest absolute Gasteiger partial charge is 0.241 e. The summed E-state index contributed by atoms with van der Waals surface area (Å²) >= 11 is 0. The van der Waals surface area contributed by atoms with E-state index >= 15 is 0 Å². The van der Waals surface area contributed by atoms with Crippen LogP contribution in [0.4, 0.5) is 8.78 Å². The molecule has 0 aliphatic carbocycles. The lowest BCUT2D eigenvalue weighted by Gasteiger charge is -1.95. The minimum absolute atomic E-state index is 0.0157. The summed E-state index contributed by atoms with van der Waals surface area (Å²) in [6.45, 7) is 0.661. The number of nitrogens with one attached hydrogen (secondary N) is 1. The first kappa shape index (κ1) is 8.17. The number of hydrogen-bond acceptors (Lipinski definition) is 0. The summed E-state index contributed by atoms with van der Waals surface area (Å²) in [6.07, 6.45) is 3.69. The number of alkyl halides is 2. The van der Waals surface area contributed by atoms with Crippen molar-refractivity contribution < 1.29 is 13.3 Å². The van der Waals surface area contributed by atoms with E-state index in [0.29, 0.717) is 13.0 Å². The third-order valence-electron chi connectivity index (χ3n) is 1.44. The van der Waals surface area contributed by atoms with Crippen LogP contribution < -0.4 is 4.57 Å². The van der Waals surface area contributed by atoms with Crippen LogP contribution in [0.25, 0.3) is 0 Å². The van der Waals surface area contributed by atoms with E-state index in [4.69, 9.17) is 0 Å². The Bertz CT molecular complexity index is 184. The van der Waals surface area contributed by atoms with Crippen molar-refractivity contribution in [2.45, 2.75) is 25.8 Å². The summed E-state index contributed by atoms with van der Waals surface area (Å²) in [5.41, 5.74) is 0. The number of halogens is 2. The van der Waals surface area contributed by atoms with E-state index in [9.17, 15) is 8.78 Å². The molecule has 1 aromatic heterocycles.